The Morgan fingerprint density at radius 3 is 2.50 bits per heavy atom. The Kier molecular flexibility index (Phi) is 7.03. The number of carbonyl (C=O) groups excluding carboxylic acids is 2. The summed E-state index contributed by atoms with van der Waals surface area (Å²) in [4.78, 5) is 25.7. The number of carbonyl (C=O) groups is 2. The maximum absolute atomic E-state index is 12.2. The van der Waals surface area contributed by atoms with Crippen LogP contribution in [0.15, 0.2) is 24.3 Å². The molecule has 2 atom stereocenters. The fraction of sp³-hybridized carbons (Fsp3) is 0.474. The number of morpholine rings is 1. The van der Waals surface area contributed by atoms with E-state index >= 15 is 0 Å². The number of esters is 1. The van der Waals surface area contributed by atoms with E-state index in [-0.39, 0.29) is 24.7 Å². The summed E-state index contributed by atoms with van der Waals surface area (Å²) in [5, 5.41) is 0. The lowest BCUT2D eigenvalue weighted by molar-refractivity contribution is -0.154. The maximum Gasteiger partial charge on any atom is 0.331 e. The Morgan fingerprint density at radius 2 is 1.88 bits per heavy atom. The molecule has 1 aliphatic heterocycles. The smallest absolute Gasteiger partial charge is 0.331 e. The molecule has 7 nitrogen and oxygen atoms in total. The van der Waals surface area contributed by atoms with Gasteiger partial charge in [0.1, 0.15) is 11.5 Å². The maximum atomic E-state index is 12.2. The summed E-state index contributed by atoms with van der Waals surface area (Å²) in [7, 11) is 3.10. The van der Waals surface area contributed by atoms with Crippen molar-refractivity contribution in [1.82, 2.24) is 4.90 Å². The average Bonchev–Trinajstić information content (AvgIpc) is 2.63. The van der Waals surface area contributed by atoms with Gasteiger partial charge in [-0.2, -0.15) is 0 Å². The quantitative estimate of drug-likeness (QED) is 0.568. The van der Waals surface area contributed by atoms with Crippen molar-refractivity contribution in [3.63, 3.8) is 0 Å². The largest absolute Gasteiger partial charge is 0.497 e. The first-order valence-corrected chi connectivity index (χ1v) is 8.43. The second-order valence-corrected chi connectivity index (χ2v) is 6.10. The highest BCUT2D eigenvalue weighted by Gasteiger charge is 2.26. The summed E-state index contributed by atoms with van der Waals surface area (Å²) in [6.45, 7) is 4.53. The van der Waals surface area contributed by atoms with Gasteiger partial charge in [0.2, 0.25) is 0 Å². The number of hydrogen-bond donors (Lipinski definition) is 0. The molecule has 0 bridgehead atoms. The van der Waals surface area contributed by atoms with Gasteiger partial charge in [-0.25, -0.2) is 4.79 Å². The van der Waals surface area contributed by atoms with E-state index in [4.69, 9.17) is 18.9 Å². The lowest BCUT2D eigenvalue weighted by atomic mass is 10.2. The molecule has 0 aliphatic carbocycles. The topological polar surface area (TPSA) is 74.3 Å². The highest BCUT2D eigenvalue weighted by atomic mass is 16.5. The van der Waals surface area contributed by atoms with Crippen LogP contribution in [0.2, 0.25) is 0 Å². The molecule has 1 heterocycles. The molecule has 0 radical (unpaired) electrons. The normalized spacial score (nSPS) is 20.1. The molecule has 0 aromatic heterocycles. The van der Waals surface area contributed by atoms with Crippen LogP contribution >= 0.6 is 0 Å². The first-order chi connectivity index (χ1) is 12.4. The van der Waals surface area contributed by atoms with Crippen LogP contribution in [-0.4, -0.2) is 62.9 Å². The highest BCUT2D eigenvalue weighted by molar-refractivity contribution is 5.89. The van der Waals surface area contributed by atoms with Crippen LogP contribution in [-0.2, 0) is 19.1 Å². The molecule has 1 fully saturated rings. The van der Waals surface area contributed by atoms with Crippen molar-refractivity contribution >= 4 is 18.0 Å². The zero-order valence-corrected chi connectivity index (χ0v) is 15.6. The summed E-state index contributed by atoms with van der Waals surface area (Å²) >= 11 is 0. The van der Waals surface area contributed by atoms with Gasteiger partial charge in [0.05, 0.1) is 26.4 Å². The summed E-state index contributed by atoms with van der Waals surface area (Å²) < 4.78 is 21.0. The number of ether oxygens (including phenoxy) is 4. The molecule has 1 amide bonds. The third-order valence-electron chi connectivity index (χ3n) is 3.95. The van der Waals surface area contributed by atoms with E-state index in [1.807, 2.05) is 13.8 Å². The molecule has 0 spiro atoms. The van der Waals surface area contributed by atoms with E-state index in [1.54, 1.807) is 36.3 Å². The van der Waals surface area contributed by atoms with Crippen LogP contribution in [0.25, 0.3) is 6.08 Å². The second kappa shape index (κ2) is 9.24. The Bertz CT molecular complexity index is 662. The van der Waals surface area contributed by atoms with Crippen LogP contribution in [0, 0.1) is 0 Å². The molecule has 7 heteroatoms. The van der Waals surface area contributed by atoms with Gasteiger partial charge in [-0.3, -0.25) is 4.79 Å². The van der Waals surface area contributed by atoms with Crippen molar-refractivity contribution in [2.24, 2.45) is 0 Å². The molecule has 0 N–H and O–H groups in total. The minimum atomic E-state index is -0.592. The summed E-state index contributed by atoms with van der Waals surface area (Å²) in [6, 6.07) is 5.25. The van der Waals surface area contributed by atoms with Gasteiger partial charge in [-0.1, -0.05) is 0 Å². The van der Waals surface area contributed by atoms with E-state index in [9.17, 15) is 9.59 Å². The van der Waals surface area contributed by atoms with Crippen LogP contribution in [0.5, 0.6) is 11.5 Å². The van der Waals surface area contributed by atoms with Crippen LogP contribution < -0.4 is 9.47 Å². The van der Waals surface area contributed by atoms with E-state index in [0.717, 1.165) is 0 Å². The fourth-order valence-corrected chi connectivity index (χ4v) is 2.77. The molecule has 1 aromatic rings. The van der Waals surface area contributed by atoms with E-state index < -0.39 is 5.97 Å². The molecule has 0 saturated carbocycles. The van der Waals surface area contributed by atoms with Crippen molar-refractivity contribution in [2.75, 3.05) is 33.9 Å². The highest BCUT2D eigenvalue weighted by Crippen LogP contribution is 2.25. The summed E-state index contributed by atoms with van der Waals surface area (Å²) in [5.41, 5.74) is 0.701. The van der Waals surface area contributed by atoms with Crippen molar-refractivity contribution in [2.45, 2.75) is 26.1 Å². The Hall–Kier alpha value is -2.54. The van der Waals surface area contributed by atoms with Crippen molar-refractivity contribution in [3.05, 3.63) is 29.8 Å². The van der Waals surface area contributed by atoms with Crippen LogP contribution in [0.1, 0.15) is 19.4 Å². The molecule has 1 aliphatic rings. The standard InChI is InChI=1S/C19H25NO6/c1-13-10-20(11-14(2)26-13)18(21)12-25-19(22)8-6-15-5-7-16(23-3)9-17(15)24-4/h5-9,13-14H,10-12H2,1-4H3/b8-6+/t13-,14-/m0/s1. The monoisotopic (exact) mass is 363 g/mol. The van der Waals surface area contributed by atoms with Gasteiger partial charge in [-0.15, -0.1) is 0 Å². The number of methoxy groups -OCH3 is 2. The zero-order valence-electron chi connectivity index (χ0n) is 15.6. The molecular weight excluding hydrogens is 338 g/mol. The third kappa shape index (κ3) is 5.49. The van der Waals surface area contributed by atoms with Gasteiger partial charge in [0.15, 0.2) is 6.61 Å². The summed E-state index contributed by atoms with van der Waals surface area (Å²) in [6.07, 6.45) is 2.79. The SMILES string of the molecule is COc1ccc(/C=C/C(=O)OCC(=O)N2C[C@H](C)O[C@@H](C)C2)c(OC)c1. The number of benzene rings is 1. The van der Waals surface area contributed by atoms with E-state index in [2.05, 4.69) is 0 Å². The number of amides is 1. The third-order valence-corrected chi connectivity index (χ3v) is 3.95. The van der Waals surface area contributed by atoms with Gasteiger partial charge >= 0.3 is 5.97 Å². The number of rotatable bonds is 6. The van der Waals surface area contributed by atoms with Gasteiger partial charge in [0.25, 0.3) is 5.91 Å². The minimum absolute atomic E-state index is 0.0270. The Balaban J connectivity index is 1.88. The fourth-order valence-electron chi connectivity index (χ4n) is 2.77. The van der Waals surface area contributed by atoms with Gasteiger partial charge < -0.3 is 23.8 Å². The molecule has 1 aromatic carbocycles. The average molecular weight is 363 g/mol. The molecular formula is C19H25NO6. The van der Waals surface area contributed by atoms with Crippen molar-refractivity contribution < 1.29 is 28.5 Å². The zero-order chi connectivity index (χ0) is 19.1. The van der Waals surface area contributed by atoms with E-state index in [1.165, 1.54) is 13.2 Å². The predicted molar refractivity (Wildman–Crippen MR) is 96.1 cm³/mol. The van der Waals surface area contributed by atoms with Crippen molar-refractivity contribution in [3.8, 4) is 11.5 Å². The number of hydrogen-bond acceptors (Lipinski definition) is 6. The first kappa shape index (κ1) is 19.8. The van der Waals surface area contributed by atoms with Crippen molar-refractivity contribution in [1.29, 1.82) is 0 Å². The molecule has 142 valence electrons. The molecule has 26 heavy (non-hydrogen) atoms. The first-order valence-electron chi connectivity index (χ1n) is 8.43. The van der Waals surface area contributed by atoms with Crippen LogP contribution in [0.3, 0.4) is 0 Å². The Labute approximate surface area is 153 Å². The minimum Gasteiger partial charge on any atom is -0.497 e. The summed E-state index contributed by atoms with van der Waals surface area (Å²) in [5.74, 6) is 0.406. The van der Waals surface area contributed by atoms with Gasteiger partial charge in [0, 0.05) is 30.8 Å². The molecule has 0 unspecified atom stereocenters. The molecule has 2 rings (SSSR count). The lowest BCUT2D eigenvalue weighted by Gasteiger charge is -2.35. The second-order valence-electron chi connectivity index (χ2n) is 6.10. The van der Waals surface area contributed by atoms with E-state index in [0.29, 0.717) is 30.2 Å². The number of nitrogens with zero attached hydrogens (tertiary/aromatic N) is 1. The van der Waals surface area contributed by atoms with Gasteiger partial charge in [-0.05, 0) is 32.1 Å². The Morgan fingerprint density at radius 1 is 1.19 bits per heavy atom. The molecule has 1 saturated heterocycles. The lowest BCUT2D eigenvalue weighted by Crippen LogP contribution is -2.49. The van der Waals surface area contributed by atoms with Crippen LogP contribution in [0.4, 0.5) is 0 Å². The predicted octanol–water partition coefficient (Wildman–Crippen LogP) is 1.90.